The first kappa shape index (κ1) is 21.8. The Bertz CT molecular complexity index is 1300. The molecule has 4 aromatic rings. The van der Waals surface area contributed by atoms with Crippen LogP contribution in [0.15, 0.2) is 58.9 Å². The average Bonchev–Trinajstić information content (AvgIpc) is 3.46. The Hall–Kier alpha value is -3.41. The average molecular weight is 461 g/mol. The van der Waals surface area contributed by atoms with Gasteiger partial charge in [0.1, 0.15) is 16.8 Å². The third kappa shape index (κ3) is 4.44. The van der Waals surface area contributed by atoms with E-state index < -0.39 is 0 Å². The van der Waals surface area contributed by atoms with Crippen molar-refractivity contribution in [2.24, 2.45) is 0 Å². The van der Waals surface area contributed by atoms with Crippen molar-refractivity contribution in [2.75, 3.05) is 12.9 Å². The van der Waals surface area contributed by atoms with E-state index in [1.165, 1.54) is 16.4 Å². The molecule has 8 heteroatoms. The van der Waals surface area contributed by atoms with Crippen LogP contribution in [-0.2, 0) is 0 Å². The molecule has 0 amide bonds. The van der Waals surface area contributed by atoms with E-state index >= 15 is 0 Å². The zero-order valence-corrected chi connectivity index (χ0v) is 19.5. The minimum Gasteiger partial charge on any atom is -0.497 e. The van der Waals surface area contributed by atoms with Crippen molar-refractivity contribution in [3.8, 4) is 33.5 Å². The van der Waals surface area contributed by atoms with Gasteiger partial charge in [-0.2, -0.15) is 10.4 Å². The summed E-state index contributed by atoms with van der Waals surface area (Å²) < 4.78 is 6.67. The lowest BCUT2D eigenvalue weighted by atomic mass is 10.0. The number of aryl methyl sites for hydroxylation is 2. The number of nitriles is 1. The molecule has 0 aliphatic rings. The van der Waals surface area contributed by atoms with Crippen molar-refractivity contribution in [2.45, 2.75) is 18.9 Å². The molecule has 32 heavy (non-hydrogen) atoms. The molecule has 0 unspecified atom stereocenters. The first-order valence-corrected chi connectivity index (χ1v) is 11.7. The highest BCUT2D eigenvalue weighted by Gasteiger charge is 2.19. The van der Waals surface area contributed by atoms with E-state index in [-0.39, 0.29) is 11.7 Å². The highest BCUT2D eigenvalue weighted by molar-refractivity contribution is 8.00. The number of pyridine rings is 1. The summed E-state index contributed by atoms with van der Waals surface area (Å²) in [5.74, 6) is 0.711. The topological polar surface area (TPSA) is 80.8 Å². The molecule has 0 radical (unpaired) electrons. The second-order valence-electron chi connectivity index (χ2n) is 7.07. The second kappa shape index (κ2) is 9.39. The van der Waals surface area contributed by atoms with E-state index in [9.17, 15) is 10.1 Å². The first-order chi connectivity index (χ1) is 15.5. The van der Waals surface area contributed by atoms with Crippen LogP contribution in [0.4, 0.5) is 0 Å². The SMILES string of the molecule is COc1ccc(-c2cc(-c3cccs3)nc(SCC(=O)n3nc(C)cc3C)c2C#N)cc1. The lowest BCUT2D eigenvalue weighted by Gasteiger charge is -2.12. The number of ether oxygens (including phenoxy) is 1. The van der Waals surface area contributed by atoms with Gasteiger partial charge in [-0.25, -0.2) is 9.67 Å². The number of nitrogens with zero attached hydrogens (tertiary/aromatic N) is 4. The van der Waals surface area contributed by atoms with Crippen molar-refractivity contribution in [1.82, 2.24) is 14.8 Å². The normalized spacial score (nSPS) is 10.7. The molecule has 0 atom stereocenters. The van der Waals surface area contributed by atoms with Crippen LogP contribution in [0, 0.1) is 25.2 Å². The molecule has 1 aromatic carbocycles. The third-order valence-corrected chi connectivity index (χ3v) is 6.70. The number of methoxy groups -OCH3 is 1. The number of benzene rings is 1. The maximum atomic E-state index is 12.7. The lowest BCUT2D eigenvalue weighted by molar-refractivity contribution is 0.0924. The lowest BCUT2D eigenvalue weighted by Crippen LogP contribution is -2.16. The summed E-state index contributed by atoms with van der Waals surface area (Å²) >= 11 is 2.83. The van der Waals surface area contributed by atoms with Crippen molar-refractivity contribution in [1.29, 1.82) is 5.26 Å². The number of carbonyl (C=O) groups is 1. The molecule has 0 N–H and O–H groups in total. The fraction of sp³-hybridized carbons (Fsp3) is 0.167. The van der Waals surface area contributed by atoms with Gasteiger partial charge in [0.05, 0.1) is 34.7 Å². The maximum absolute atomic E-state index is 12.7. The standard InChI is InChI=1S/C24H20N4O2S2/c1-15-11-16(2)28(27-15)23(29)14-32-24-20(13-25)19(17-6-8-18(30-3)9-7-17)12-21(26-24)22-5-4-10-31-22/h4-12H,14H2,1-3H3. The molecule has 3 aromatic heterocycles. The third-order valence-electron chi connectivity index (χ3n) is 4.85. The Kier molecular flexibility index (Phi) is 6.40. The number of hydrogen-bond donors (Lipinski definition) is 0. The van der Waals surface area contributed by atoms with Crippen LogP contribution >= 0.6 is 23.1 Å². The van der Waals surface area contributed by atoms with E-state index in [2.05, 4.69) is 11.2 Å². The fourth-order valence-corrected chi connectivity index (χ4v) is 4.89. The molecule has 0 aliphatic heterocycles. The van der Waals surface area contributed by atoms with Crippen LogP contribution in [0.5, 0.6) is 5.75 Å². The monoisotopic (exact) mass is 460 g/mol. The van der Waals surface area contributed by atoms with Crippen molar-refractivity contribution >= 4 is 29.0 Å². The van der Waals surface area contributed by atoms with E-state index in [4.69, 9.17) is 9.72 Å². The summed E-state index contributed by atoms with van der Waals surface area (Å²) in [5, 5.41) is 16.8. The zero-order chi connectivity index (χ0) is 22.7. The van der Waals surface area contributed by atoms with Gasteiger partial charge in [0.2, 0.25) is 0 Å². The van der Waals surface area contributed by atoms with Gasteiger partial charge >= 0.3 is 0 Å². The molecular formula is C24H20N4O2S2. The molecule has 0 saturated carbocycles. The predicted octanol–water partition coefficient (Wildman–Crippen LogP) is 5.60. The number of aromatic nitrogens is 3. The highest BCUT2D eigenvalue weighted by atomic mass is 32.2. The van der Waals surface area contributed by atoms with Gasteiger partial charge in [-0.05, 0) is 55.1 Å². The number of rotatable bonds is 6. The Morgan fingerprint density at radius 2 is 2.00 bits per heavy atom. The molecule has 3 heterocycles. The highest BCUT2D eigenvalue weighted by Crippen LogP contribution is 2.36. The van der Waals surface area contributed by atoms with Gasteiger partial charge in [-0.15, -0.1) is 11.3 Å². The van der Waals surface area contributed by atoms with Crippen LogP contribution in [0.25, 0.3) is 21.7 Å². The van der Waals surface area contributed by atoms with Crippen molar-refractivity contribution < 1.29 is 9.53 Å². The molecule has 0 spiro atoms. The van der Waals surface area contributed by atoms with E-state index in [1.807, 2.05) is 67.8 Å². The van der Waals surface area contributed by atoms with Crippen LogP contribution in [0.2, 0.25) is 0 Å². The summed E-state index contributed by atoms with van der Waals surface area (Å²) in [6.45, 7) is 3.70. The molecule has 6 nitrogen and oxygen atoms in total. The van der Waals surface area contributed by atoms with Crippen LogP contribution in [-0.4, -0.2) is 33.5 Å². The Balaban J connectivity index is 1.74. The van der Waals surface area contributed by atoms with Gasteiger partial charge in [0.25, 0.3) is 5.91 Å². The van der Waals surface area contributed by atoms with Gasteiger partial charge in [0.15, 0.2) is 0 Å². The quantitative estimate of drug-likeness (QED) is 0.348. The summed E-state index contributed by atoms with van der Waals surface area (Å²) in [4.78, 5) is 18.5. The Labute approximate surface area is 194 Å². The van der Waals surface area contributed by atoms with E-state index in [0.717, 1.165) is 38.8 Å². The molecule has 0 fully saturated rings. The Morgan fingerprint density at radius 3 is 2.59 bits per heavy atom. The number of thioether (sulfide) groups is 1. The summed E-state index contributed by atoms with van der Waals surface area (Å²) in [6, 6.07) is 17.6. The number of thiophene rings is 1. The van der Waals surface area contributed by atoms with Crippen molar-refractivity contribution in [3.63, 3.8) is 0 Å². The Morgan fingerprint density at radius 1 is 1.22 bits per heavy atom. The first-order valence-electron chi connectivity index (χ1n) is 9.83. The summed E-state index contributed by atoms with van der Waals surface area (Å²) in [7, 11) is 1.62. The van der Waals surface area contributed by atoms with E-state index in [1.54, 1.807) is 18.4 Å². The molecule has 0 saturated heterocycles. The van der Waals surface area contributed by atoms with Gasteiger partial charge in [-0.3, -0.25) is 4.79 Å². The van der Waals surface area contributed by atoms with Crippen LogP contribution in [0.3, 0.4) is 0 Å². The maximum Gasteiger partial charge on any atom is 0.257 e. The zero-order valence-electron chi connectivity index (χ0n) is 17.8. The molecule has 4 rings (SSSR count). The second-order valence-corrected chi connectivity index (χ2v) is 8.99. The molecular weight excluding hydrogens is 440 g/mol. The van der Waals surface area contributed by atoms with Gasteiger partial charge in [0, 0.05) is 11.3 Å². The van der Waals surface area contributed by atoms with Gasteiger partial charge < -0.3 is 4.74 Å². The molecule has 0 aliphatic carbocycles. The minimum absolute atomic E-state index is 0.125. The largest absolute Gasteiger partial charge is 0.497 e. The van der Waals surface area contributed by atoms with Gasteiger partial charge in [-0.1, -0.05) is 30.0 Å². The predicted molar refractivity (Wildman–Crippen MR) is 127 cm³/mol. The molecule has 160 valence electrons. The summed E-state index contributed by atoms with van der Waals surface area (Å²) in [5.41, 5.74) is 4.45. The number of hydrogen-bond acceptors (Lipinski definition) is 7. The van der Waals surface area contributed by atoms with Crippen LogP contribution < -0.4 is 4.74 Å². The van der Waals surface area contributed by atoms with Crippen LogP contribution in [0.1, 0.15) is 21.7 Å². The summed E-state index contributed by atoms with van der Waals surface area (Å²) in [6.07, 6.45) is 0. The number of carbonyl (C=O) groups excluding carboxylic acids is 1. The van der Waals surface area contributed by atoms with Crippen molar-refractivity contribution in [3.05, 3.63) is 70.9 Å². The smallest absolute Gasteiger partial charge is 0.257 e. The fourth-order valence-electron chi connectivity index (χ4n) is 3.36. The minimum atomic E-state index is -0.154. The van der Waals surface area contributed by atoms with E-state index in [0.29, 0.717) is 10.6 Å². The molecule has 0 bridgehead atoms.